The molecule has 17 heavy (non-hydrogen) atoms. The first-order valence-electron chi connectivity index (χ1n) is 5.24. The lowest BCUT2D eigenvalue weighted by molar-refractivity contribution is 0.259. The molecule has 4 nitrogen and oxygen atoms in total. The van der Waals surface area contributed by atoms with Crippen LogP contribution < -0.4 is 4.74 Å². The summed E-state index contributed by atoms with van der Waals surface area (Å²) in [5.74, 6) is 1.07. The summed E-state index contributed by atoms with van der Waals surface area (Å²) >= 11 is 0. The fraction of sp³-hybridized carbons (Fsp3) is 0.231. The third-order valence-electron chi connectivity index (χ3n) is 2.35. The Morgan fingerprint density at radius 1 is 1.47 bits per heavy atom. The molecule has 0 radical (unpaired) electrons. The van der Waals surface area contributed by atoms with Gasteiger partial charge in [0, 0.05) is 5.69 Å². The zero-order valence-corrected chi connectivity index (χ0v) is 9.73. The van der Waals surface area contributed by atoms with Crippen molar-refractivity contribution < 1.29 is 9.15 Å². The van der Waals surface area contributed by atoms with Crippen molar-refractivity contribution in [1.82, 2.24) is 4.98 Å². The van der Waals surface area contributed by atoms with Crippen molar-refractivity contribution in [2.45, 2.75) is 20.5 Å². The quantitative estimate of drug-likeness (QED) is 0.810. The van der Waals surface area contributed by atoms with Gasteiger partial charge in [0.05, 0.1) is 6.26 Å². The standard InChI is InChI=1S/C13H12N2O2/c1-9-6-10(2)15-13(12(9)7-14)17-8-11-4-3-5-16-11/h3-6H,8H2,1-2H3. The first-order valence-corrected chi connectivity index (χ1v) is 5.24. The molecule has 0 bridgehead atoms. The number of furan rings is 1. The number of aryl methyl sites for hydroxylation is 2. The smallest absolute Gasteiger partial charge is 0.232 e. The maximum Gasteiger partial charge on any atom is 0.232 e. The third kappa shape index (κ3) is 2.45. The van der Waals surface area contributed by atoms with E-state index in [0.717, 1.165) is 11.3 Å². The van der Waals surface area contributed by atoms with Crippen LogP contribution in [0.2, 0.25) is 0 Å². The van der Waals surface area contributed by atoms with Crippen LogP contribution in [-0.2, 0) is 6.61 Å². The molecule has 0 aliphatic carbocycles. The van der Waals surface area contributed by atoms with E-state index in [-0.39, 0.29) is 6.61 Å². The average molecular weight is 228 g/mol. The van der Waals surface area contributed by atoms with Gasteiger partial charge in [-0.3, -0.25) is 0 Å². The molecular weight excluding hydrogens is 216 g/mol. The van der Waals surface area contributed by atoms with Crippen molar-refractivity contribution in [3.63, 3.8) is 0 Å². The van der Waals surface area contributed by atoms with E-state index in [1.165, 1.54) is 0 Å². The van der Waals surface area contributed by atoms with Crippen LogP contribution in [0.4, 0.5) is 0 Å². The molecule has 0 amide bonds. The van der Waals surface area contributed by atoms with Crippen molar-refractivity contribution in [1.29, 1.82) is 5.26 Å². The summed E-state index contributed by atoms with van der Waals surface area (Å²) in [7, 11) is 0. The van der Waals surface area contributed by atoms with Gasteiger partial charge < -0.3 is 9.15 Å². The predicted molar refractivity (Wildman–Crippen MR) is 61.5 cm³/mol. The Morgan fingerprint density at radius 2 is 2.29 bits per heavy atom. The third-order valence-corrected chi connectivity index (χ3v) is 2.35. The maximum absolute atomic E-state index is 9.05. The van der Waals surface area contributed by atoms with Gasteiger partial charge >= 0.3 is 0 Å². The van der Waals surface area contributed by atoms with E-state index in [2.05, 4.69) is 11.1 Å². The van der Waals surface area contributed by atoms with Crippen molar-refractivity contribution >= 4 is 0 Å². The summed E-state index contributed by atoms with van der Waals surface area (Å²) in [6, 6.07) is 7.57. The minimum atomic E-state index is 0.275. The van der Waals surface area contributed by atoms with E-state index in [1.54, 1.807) is 12.3 Å². The topological polar surface area (TPSA) is 59.0 Å². The van der Waals surface area contributed by atoms with Crippen molar-refractivity contribution in [3.8, 4) is 11.9 Å². The minimum Gasteiger partial charge on any atom is -0.469 e. The molecule has 2 rings (SSSR count). The zero-order valence-electron chi connectivity index (χ0n) is 9.73. The molecule has 0 saturated heterocycles. The summed E-state index contributed by atoms with van der Waals surface area (Å²) < 4.78 is 10.7. The van der Waals surface area contributed by atoms with Gasteiger partial charge in [-0.1, -0.05) is 0 Å². The Hall–Kier alpha value is -2.28. The average Bonchev–Trinajstić information content (AvgIpc) is 2.78. The lowest BCUT2D eigenvalue weighted by Gasteiger charge is -2.08. The summed E-state index contributed by atoms with van der Waals surface area (Å²) in [6.45, 7) is 4.01. The number of hydrogen-bond acceptors (Lipinski definition) is 4. The Balaban J connectivity index is 2.23. The number of nitriles is 1. The second kappa shape index (κ2) is 4.71. The van der Waals surface area contributed by atoms with Crippen LogP contribution in [0.3, 0.4) is 0 Å². The fourth-order valence-electron chi connectivity index (χ4n) is 1.58. The maximum atomic E-state index is 9.05. The molecule has 0 spiro atoms. The summed E-state index contributed by atoms with van der Waals surface area (Å²) in [4.78, 5) is 4.22. The van der Waals surface area contributed by atoms with Crippen molar-refractivity contribution in [2.75, 3.05) is 0 Å². The van der Waals surface area contributed by atoms with Gasteiger partial charge in [0.2, 0.25) is 5.88 Å². The van der Waals surface area contributed by atoms with Gasteiger partial charge in [0.1, 0.15) is 24.0 Å². The molecule has 86 valence electrons. The molecule has 0 fully saturated rings. The van der Waals surface area contributed by atoms with Crippen LogP contribution >= 0.6 is 0 Å². The van der Waals surface area contributed by atoms with Gasteiger partial charge in [-0.05, 0) is 37.6 Å². The molecule has 0 aliphatic rings. The normalized spacial score (nSPS) is 9.94. The van der Waals surface area contributed by atoms with Gasteiger partial charge in [-0.2, -0.15) is 5.26 Å². The number of ether oxygens (including phenoxy) is 1. The monoisotopic (exact) mass is 228 g/mol. The van der Waals surface area contributed by atoms with Gasteiger partial charge in [-0.25, -0.2) is 4.98 Å². The summed E-state index contributed by atoms with van der Waals surface area (Å²) in [6.07, 6.45) is 1.58. The van der Waals surface area contributed by atoms with E-state index >= 15 is 0 Å². The molecule has 2 aromatic rings. The van der Waals surface area contributed by atoms with Crippen LogP contribution in [0.25, 0.3) is 0 Å². The van der Waals surface area contributed by atoms with E-state index in [0.29, 0.717) is 17.2 Å². The first-order chi connectivity index (χ1) is 8.20. The number of nitrogens with zero attached hydrogens (tertiary/aromatic N) is 2. The highest BCUT2D eigenvalue weighted by Gasteiger charge is 2.10. The van der Waals surface area contributed by atoms with Crippen LogP contribution in [0.15, 0.2) is 28.9 Å². The van der Waals surface area contributed by atoms with Crippen LogP contribution in [0.5, 0.6) is 5.88 Å². The van der Waals surface area contributed by atoms with Crippen LogP contribution in [-0.4, -0.2) is 4.98 Å². The predicted octanol–water partition coefficient (Wildman–Crippen LogP) is 2.74. The molecule has 2 aromatic heterocycles. The fourth-order valence-corrected chi connectivity index (χ4v) is 1.58. The molecule has 2 heterocycles. The Morgan fingerprint density at radius 3 is 2.94 bits per heavy atom. The molecule has 0 aliphatic heterocycles. The summed E-state index contributed by atoms with van der Waals surface area (Å²) in [5.41, 5.74) is 2.17. The largest absolute Gasteiger partial charge is 0.469 e. The number of pyridine rings is 1. The van der Waals surface area contributed by atoms with Crippen molar-refractivity contribution in [3.05, 3.63) is 47.0 Å². The Labute approximate surface area is 99.5 Å². The highest BCUT2D eigenvalue weighted by atomic mass is 16.5. The SMILES string of the molecule is Cc1cc(C)c(C#N)c(OCc2ccco2)n1. The molecule has 0 atom stereocenters. The van der Waals surface area contributed by atoms with Crippen LogP contribution in [0, 0.1) is 25.2 Å². The lowest BCUT2D eigenvalue weighted by Crippen LogP contribution is -2.01. The highest BCUT2D eigenvalue weighted by molar-refractivity contribution is 5.45. The molecule has 0 unspecified atom stereocenters. The molecule has 0 saturated carbocycles. The van der Waals surface area contributed by atoms with E-state index in [9.17, 15) is 0 Å². The molecule has 4 heteroatoms. The van der Waals surface area contributed by atoms with Crippen molar-refractivity contribution in [2.24, 2.45) is 0 Å². The Bertz CT molecular complexity index is 554. The lowest BCUT2D eigenvalue weighted by atomic mass is 10.1. The highest BCUT2D eigenvalue weighted by Crippen LogP contribution is 2.20. The van der Waals surface area contributed by atoms with Gasteiger partial charge in [0.25, 0.3) is 0 Å². The molecule has 0 N–H and O–H groups in total. The molecular formula is C13H12N2O2. The number of aromatic nitrogens is 1. The van der Waals surface area contributed by atoms with Gasteiger partial charge in [-0.15, -0.1) is 0 Å². The first kappa shape index (κ1) is 11.2. The second-order valence-corrected chi connectivity index (χ2v) is 3.74. The van der Waals surface area contributed by atoms with E-state index in [1.807, 2.05) is 26.0 Å². The van der Waals surface area contributed by atoms with Gasteiger partial charge in [0.15, 0.2) is 0 Å². The molecule has 0 aromatic carbocycles. The van der Waals surface area contributed by atoms with E-state index in [4.69, 9.17) is 14.4 Å². The number of hydrogen-bond donors (Lipinski definition) is 0. The Kier molecular flexibility index (Phi) is 3.10. The number of rotatable bonds is 3. The second-order valence-electron chi connectivity index (χ2n) is 3.74. The van der Waals surface area contributed by atoms with E-state index < -0.39 is 0 Å². The zero-order chi connectivity index (χ0) is 12.3. The van der Waals surface area contributed by atoms with Crippen LogP contribution in [0.1, 0.15) is 22.6 Å². The summed E-state index contributed by atoms with van der Waals surface area (Å²) in [5, 5.41) is 9.05. The minimum absolute atomic E-state index is 0.275.